The molecule has 0 spiro atoms. The third kappa shape index (κ3) is 5.84. The van der Waals surface area contributed by atoms with Gasteiger partial charge in [-0.25, -0.2) is 8.42 Å². The van der Waals surface area contributed by atoms with Crippen LogP contribution in [0.1, 0.15) is 17.5 Å². The summed E-state index contributed by atoms with van der Waals surface area (Å²) in [4.78, 5) is 0. The second kappa shape index (κ2) is 6.17. The van der Waals surface area contributed by atoms with E-state index in [4.69, 9.17) is 5.73 Å². The van der Waals surface area contributed by atoms with Crippen LogP contribution in [-0.4, -0.2) is 27.0 Å². The Morgan fingerprint density at radius 2 is 2.06 bits per heavy atom. The van der Waals surface area contributed by atoms with Crippen LogP contribution >= 0.6 is 0 Å². The summed E-state index contributed by atoms with van der Waals surface area (Å²) < 4.78 is 22.2. The lowest BCUT2D eigenvalue weighted by Gasteiger charge is -2.14. The number of aryl methyl sites for hydroxylation is 1. The van der Waals surface area contributed by atoms with Crippen molar-refractivity contribution in [3.05, 3.63) is 35.4 Å². The normalized spacial score (nSPS) is 13.6. The molecule has 0 aliphatic carbocycles. The smallest absolute Gasteiger partial charge is 0.147 e. The first-order valence-corrected chi connectivity index (χ1v) is 7.90. The quantitative estimate of drug-likeness (QED) is 0.839. The van der Waals surface area contributed by atoms with Gasteiger partial charge in [-0.05, 0) is 37.8 Å². The van der Waals surface area contributed by atoms with Crippen molar-refractivity contribution in [3.63, 3.8) is 0 Å². The highest BCUT2D eigenvalue weighted by atomic mass is 32.2. The minimum absolute atomic E-state index is 0.223. The van der Waals surface area contributed by atoms with E-state index in [9.17, 15) is 8.42 Å². The topological polar surface area (TPSA) is 60.2 Å². The lowest BCUT2D eigenvalue weighted by Crippen LogP contribution is -2.20. The molecular formula is C13H21NO2S. The van der Waals surface area contributed by atoms with Gasteiger partial charge in [-0.1, -0.05) is 29.8 Å². The van der Waals surface area contributed by atoms with Crippen molar-refractivity contribution in [3.8, 4) is 0 Å². The lowest BCUT2D eigenvalue weighted by atomic mass is 9.96. The molecule has 17 heavy (non-hydrogen) atoms. The summed E-state index contributed by atoms with van der Waals surface area (Å²) in [5.41, 5.74) is 8.15. The molecule has 4 heteroatoms. The van der Waals surface area contributed by atoms with Crippen LogP contribution in [0.25, 0.3) is 0 Å². The second-order valence-corrected chi connectivity index (χ2v) is 6.97. The number of benzene rings is 1. The Morgan fingerprint density at radius 1 is 1.35 bits per heavy atom. The monoisotopic (exact) mass is 255 g/mol. The molecule has 1 atom stereocenters. The van der Waals surface area contributed by atoms with E-state index in [1.807, 2.05) is 6.07 Å². The molecule has 1 unspecified atom stereocenters. The zero-order valence-corrected chi connectivity index (χ0v) is 11.3. The third-order valence-electron chi connectivity index (χ3n) is 2.84. The second-order valence-electron chi connectivity index (χ2n) is 4.71. The Kier molecular flexibility index (Phi) is 5.15. The minimum Gasteiger partial charge on any atom is -0.330 e. The summed E-state index contributed by atoms with van der Waals surface area (Å²) in [6, 6.07) is 8.27. The third-order valence-corrected chi connectivity index (χ3v) is 3.81. The number of sulfone groups is 1. The summed E-state index contributed by atoms with van der Waals surface area (Å²) in [5.74, 6) is 0.465. The SMILES string of the molecule is Cc1cccc(CC(CN)CCS(C)(=O)=O)c1. The van der Waals surface area contributed by atoms with Gasteiger partial charge in [0, 0.05) is 6.26 Å². The molecule has 1 aromatic rings. The predicted octanol–water partition coefficient (Wildman–Crippen LogP) is 1.55. The van der Waals surface area contributed by atoms with Crippen LogP contribution in [0, 0.1) is 12.8 Å². The van der Waals surface area contributed by atoms with Gasteiger partial charge >= 0.3 is 0 Å². The number of hydrogen-bond donors (Lipinski definition) is 1. The molecule has 2 N–H and O–H groups in total. The molecule has 1 aromatic carbocycles. The highest BCUT2D eigenvalue weighted by Crippen LogP contribution is 2.13. The number of nitrogens with two attached hydrogens (primary N) is 1. The van der Waals surface area contributed by atoms with Crippen LogP contribution in [0.2, 0.25) is 0 Å². The molecular weight excluding hydrogens is 234 g/mol. The molecule has 0 aromatic heterocycles. The molecule has 0 bridgehead atoms. The molecule has 1 rings (SSSR count). The Bertz CT molecular complexity index is 454. The van der Waals surface area contributed by atoms with Gasteiger partial charge in [0.15, 0.2) is 0 Å². The Labute approximate surface area is 104 Å². The first kappa shape index (κ1) is 14.2. The van der Waals surface area contributed by atoms with E-state index < -0.39 is 9.84 Å². The van der Waals surface area contributed by atoms with E-state index in [1.54, 1.807) is 0 Å². The maximum atomic E-state index is 11.1. The molecule has 0 amide bonds. The fourth-order valence-corrected chi connectivity index (χ4v) is 2.62. The van der Waals surface area contributed by atoms with E-state index in [-0.39, 0.29) is 11.7 Å². The van der Waals surface area contributed by atoms with Gasteiger partial charge in [0.1, 0.15) is 9.84 Å². The van der Waals surface area contributed by atoms with Crippen molar-refractivity contribution in [1.29, 1.82) is 0 Å². The summed E-state index contributed by atoms with van der Waals surface area (Å²) in [7, 11) is -2.89. The standard InChI is InChI=1S/C13H21NO2S/c1-11-4-3-5-12(8-11)9-13(10-14)6-7-17(2,15)16/h3-5,8,13H,6-7,9-10,14H2,1-2H3. The highest BCUT2D eigenvalue weighted by molar-refractivity contribution is 7.90. The first-order valence-electron chi connectivity index (χ1n) is 5.84. The van der Waals surface area contributed by atoms with E-state index in [0.717, 1.165) is 6.42 Å². The average molecular weight is 255 g/mol. The van der Waals surface area contributed by atoms with Gasteiger partial charge in [0.2, 0.25) is 0 Å². The molecule has 0 heterocycles. The molecule has 0 aliphatic heterocycles. The van der Waals surface area contributed by atoms with E-state index in [2.05, 4.69) is 25.1 Å². The maximum Gasteiger partial charge on any atom is 0.147 e. The van der Waals surface area contributed by atoms with Crippen LogP contribution < -0.4 is 5.73 Å². The summed E-state index contributed by atoms with van der Waals surface area (Å²) >= 11 is 0. The van der Waals surface area contributed by atoms with E-state index in [0.29, 0.717) is 13.0 Å². The number of hydrogen-bond acceptors (Lipinski definition) is 3. The van der Waals surface area contributed by atoms with Gasteiger partial charge in [-0.15, -0.1) is 0 Å². The maximum absolute atomic E-state index is 11.1. The van der Waals surface area contributed by atoms with Crippen molar-refractivity contribution in [2.45, 2.75) is 19.8 Å². The van der Waals surface area contributed by atoms with Crippen molar-refractivity contribution >= 4 is 9.84 Å². The van der Waals surface area contributed by atoms with E-state index >= 15 is 0 Å². The zero-order chi connectivity index (χ0) is 12.9. The van der Waals surface area contributed by atoms with Gasteiger partial charge < -0.3 is 5.73 Å². The van der Waals surface area contributed by atoms with Crippen LogP contribution in [-0.2, 0) is 16.3 Å². The van der Waals surface area contributed by atoms with Crippen LogP contribution in [0.3, 0.4) is 0 Å². The molecule has 3 nitrogen and oxygen atoms in total. The number of rotatable bonds is 6. The molecule has 0 saturated carbocycles. The average Bonchev–Trinajstić information content (AvgIpc) is 2.23. The molecule has 0 radical (unpaired) electrons. The molecule has 0 fully saturated rings. The fraction of sp³-hybridized carbons (Fsp3) is 0.538. The lowest BCUT2D eigenvalue weighted by molar-refractivity contribution is 0.512. The minimum atomic E-state index is -2.89. The molecule has 96 valence electrons. The van der Waals surface area contributed by atoms with Gasteiger partial charge in [-0.2, -0.15) is 0 Å². The highest BCUT2D eigenvalue weighted by Gasteiger charge is 2.11. The Balaban J connectivity index is 2.58. The van der Waals surface area contributed by atoms with Crippen LogP contribution in [0.15, 0.2) is 24.3 Å². The fourth-order valence-electron chi connectivity index (χ4n) is 1.86. The molecule has 0 aliphatic rings. The van der Waals surface area contributed by atoms with Crippen molar-refractivity contribution in [2.24, 2.45) is 11.7 Å². The van der Waals surface area contributed by atoms with Crippen molar-refractivity contribution in [2.75, 3.05) is 18.6 Å². The Morgan fingerprint density at radius 3 is 2.59 bits per heavy atom. The largest absolute Gasteiger partial charge is 0.330 e. The van der Waals surface area contributed by atoms with Crippen molar-refractivity contribution in [1.82, 2.24) is 0 Å². The Hall–Kier alpha value is -0.870. The van der Waals surface area contributed by atoms with Gasteiger partial charge in [0.05, 0.1) is 5.75 Å². The van der Waals surface area contributed by atoms with E-state index in [1.165, 1.54) is 17.4 Å². The predicted molar refractivity (Wildman–Crippen MR) is 71.8 cm³/mol. The summed E-state index contributed by atoms with van der Waals surface area (Å²) in [6.45, 7) is 2.58. The van der Waals surface area contributed by atoms with Gasteiger partial charge in [0.25, 0.3) is 0 Å². The van der Waals surface area contributed by atoms with Crippen molar-refractivity contribution < 1.29 is 8.42 Å². The van der Waals surface area contributed by atoms with Crippen LogP contribution in [0.5, 0.6) is 0 Å². The van der Waals surface area contributed by atoms with Crippen LogP contribution in [0.4, 0.5) is 0 Å². The van der Waals surface area contributed by atoms with Gasteiger partial charge in [-0.3, -0.25) is 0 Å². The summed E-state index contributed by atoms with van der Waals surface area (Å²) in [5, 5.41) is 0. The summed E-state index contributed by atoms with van der Waals surface area (Å²) in [6.07, 6.45) is 2.77. The first-order chi connectivity index (χ1) is 7.90. The zero-order valence-electron chi connectivity index (χ0n) is 10.5. The molecule has 0 saturated heterocycles.